The third-order valence-corrected chi connectivity index (χ3v) is 16.2. The van der Waals surface area contributed by atoms with E-state index >= 15 is 0 Å². The van der Waals surface area contributed by atoms with Crippen LogP contribution in [-0.4, -0.2) is 47.4 Å². The topological polar surface area (TPSA) is 95.9 Å². The van der Waals surface area contributed by atoms with Gasteiger partial charge >= 0.3 is 5.97 Å². The van der Waals surface area contributed by atoms with E-state index in [1.165, 1.54) is 321 Å². The number of carbonyl (C=O) groups is 2. The van der Waals surface area contributed by atoms with Gasteiger partial charge in [0.05, 0.1) is 25.4 Å². The van der Waals surface area contributed by atoms with Gasteiger partial charge in [-0.25, -0.2) is 0 Å². The largest absolute Gasteiger partial charge is 0.466 e. The number of aliphatic hydroxyl groups excluding tert-OH is 2. The van der Waals surface area contributed by atoms with Gasteiger partial charge < -0.3 is 20.3 Å². The number of hydrogen-bond donors (Lipinski definition) is 3. The normalized spacial score (nSPS) is 12.6. The van der Waals surface area contributed by atoms with Crippen molar-refractivity contribution in [2.75, 3.05) is 13.2 Å². The molecule has 0 aliphatic carbocycles. The van der Waals surface area contributed by atoms with Crippen molar-refractivity contribution in [1.82, 2.24) is 5.32 Å². The van der Waals surface area contributed by atoms with Crippen LogP contribution in [0, 0.1) is 0 Å². The van der Waals surface area contributed by atoms with Crippen LogP contribution in [0.3, 0.4) is 0 Å². The molecule has 0 aliphatic heterocycles. The first-order valence-electron chi connectivity index (χ1n) is 34.6. The second kappa shape index (κ2) is 65.9. The molecule has 0 saturated carbocycles. The molecule has 76 heavy (non-hydrogen) atoms. The molecule has 0 aromatic carbocycles. The fraction of sp³-hybridized carbons (Fsp3) is 0.914. The molecule has 0 aromatic heterocycles. The Labute approximate surface area is 475 Å². The van der Waals surface area contributed by atoms with Crippen LogP contribution in [0.2, 0.25) is 0 Å². The molecule has 450 valence electrons. The average molecular weight is 1070 g/mol. The Morgan fingerprint density at radius 1 is 0.355 bits per heavy atom. The number of hydrogen-bond acceptors (Lipinski definition) is 5. The number of unbranched alkanes of at least 4 members (excludes halogenated alkanes) is 52. The van der Waals surface area contributed by atoms with Crippen molar-refractivity contribution in [1.29, 1.82) is 0 Å². The lowest BCUT2D eigenvalue weighted by molar-refractivity contribution is -0.143. The van der Waals surface area contributed by atoms with Crippen LogP contribution in [0.25, 0.3) is 0 Å². The summed E-state index contributed by atoms with van der Waals surface area (Å²) in [5.74, 6) is -0.0421. The zero-order chi connectivity index (χ0) is 55.0. The second-order valence-corrected chi connectivity index (χ2v) is 23.9. The van der Waals surface area contributed by atoms with Gasteiger partial charge in [-0.2, -0.15) is 0 Å². The SMILES string of the molecule is CCCCCCCCCCC/C=C/C(O)C(CO)NC(=O)CCCCCCCCCCCCCCCCCCC/C=C\CCCCCCCCCCCCCCCCOC(=O)CCCCCCCCCCCCCCC. The molecule has 0 rings (SSSR count). The molecule has 3 N–H and O–H groups in total. The predicted molar refractivity (Wildman–Crippen MR) is 333 cm³/mol. The Morgan fingerprint density at radius 3 is 0.934 bits per heavy atom. The van der Waals surface area contributed by atoms with Crippen molar-refractivity contribution in [2.24, 2.45) is 0 Å². The highest BCUT2D eigenvalue weighted by Gasteiger charge is 2.18. The first-order valence-corrected chi connectivity index (χ1v) is 34.6. The summed E-state index contributed by atoms with van der Waals surface area (Å²) in [4.78, 5) is 24.5. The predicted octanol–water partition coefficient (Wildman–Crippen LogP) is 22.1. The molecule has 0 fully saturated rings. The molecular formula is C70H135NO5. The molecule has 0 saturated heterocycles. The maximum Gasteiger partial charge on any atom is 0.305 e. The van der Waals surface area contributed by atoms with Gasteiger partial charge in [-0.3, -0.25) is 9.59 Å². The van der Waals surface area contributed by atoms with Crippen molar-refractivity contribution in [3.05, 3.63) is 24.3 Å². The number of carbonyl (C=O) groups excluding carboxylic acids is 2. The summed E-state index contributed by atoms with van der Waals surface area (Å²) in [6.07, 6.45) is 82.7. The number of amides is 1. The minimum absolute atomic E-state index is 0.0219. The molecule has 6 nitrogen and oxygen atoms in total. The van der Waals surface area contributed by atoms with Crippen molar-refractivity contribution >= 4 is 11.9 Å². The summed E-state index contributed by atoms with van der Waals surface area (Å²) in [5.41, 5.74) is 0. The highest BCUT2D eigenvalue weighted by Crippen LogP contribution is 2.18. The summed E-state index contributed by atoms with van der Waals surface area (Å²) >= 11 is 0. The minimum Gasteiger partial charge on any atom is -0.466 e. The summed E-state index contributed by atoms with van der Waals surface area (Å²) in [6, 6.07) is -0.623. The van der Waals surface area contributed by atoms with Crippen LogP contribution < -0.4 is 5.32 Å². The Bertz CT molecular complexity index is 1190. The van der Waals surface area contributed by atoms with Gasteiger partial charge in [0.1, 0.15) is 0 Å². The van der Waals surface area contributed by atoms with E-state index in [9.17, 15) is 19.8 Å². The molecule has 2 unspecified atom stereocenters. The van der Waals surface area contributed by atoms with E-state index in [1.54, 1.807) is 6.08 Å². The van der Waals surface area contributed by atoms with Crippen LogP contribution in [-0.2, 0) is 14.3 Å². The Morgan fingerprint density at radius 2 is 0.618 bits per heavy atom. The first-order chi connectivity index (χ1) is 37.5. The standard InChI is InChI=1S/C70H135NO5/c1-3-5-7-9-11-13-15-39-44-48-52-56-60-64-70(75)76-65-61-57-53-49-45-41-38-36-34-32-30-28-26-24-22-20-18-16-17-19-21-23-25-27-29-31-33-35-37-40-43-47-51-55-59-63-69(74)71-67(66-72)68(73)62-58-54-50-46-42-14-12-10-8-6-4-2/h18,20,58,62,67-68,72-73H,3-17,19,21-57,59-61,63-66H2,1-2H3,(H,71,74)/b20-18-,62-58+. The summed E-state index contributed by atoms with van der Waals surface area (Å²) < 4.78 is 5.49. The molecule has 6 heteroatoms. The molecule has 2 atom stereocenters. The van der Waals surface area contributed by atoms with Gasteiger partial charge in [0, 0.05) is 12.8 Å². The van der Waals surface area contributed by atoms with Gasteiger partial charge in [-0.1, -0.05) is 340 Å². The van der Waals surface area contributed by atoms with Crippen LogP contribution in [0.5, 0.6) is 0 Å². The maximum absolute atomic E-state index is 12.4. The fourth-order valence-corrected chi connectivity index (χ4v) is 10.9. The third kappa shape index (κ3) is 61.6. The second-order valence-electron chi connectivity index (χ2n) is 23.9. The number of aliphatic hydroxyl groups is 2. The molecule has 0 aromatic rings. The van der Waals surface area contributed by atoms with Crippen LogP contribution in [0.4, 0.5) is 0 Å². The van der Waals surface area contributed by atoms with Crippen molar-refractivity contribution in [3.63, 3.8) is 0 Å². The Hall–Kier alpha value is -1.66. The lowest BCUT2D eigenvalue weighted by Gasteiger charge is -2.20. The number of esters is 1. The van der Waals surface area contributed by atoms with E-state index in [0.29, 0.717) is 19.4 Å². The van der Waals surface area contributed by atoms with Crippen molar-refractivity contribution < 1.29 is 24.5 Å². The van der Waals surface area contributed by atoms with Gasteiger partial charge in [0.2, 0.25) is 5.91 Å². The van der Waals surface area contributed by atoms with E-state index in [0.717, 1.165) is 38.5 Å². The molecule has 0 heterocycles. The van der Waals surface area contributed by atoms with Gasteiger partial charge in [-0.15, -0.1) is 0 Å². The van der Waals surface area contributed by atoms with Gasteiger partial charge in [0.15, 0.2) is 0 Å². The van der Waals surface area contributed by atoms with Crippen LogP contribution in [0.1, 0.15) is 386 Å². The highest BCUT2D eigenvalue weighted by molar-refractivity contribution is 5.76. The summed E-state index contributed by atoms with van der Waals surface area (Å²) in [5, 5.41) is 23.0. The van der Waals surface area contributed by atoms with E-state index in [4.69, 9.17) is 4.74 Å². The van der Waals surface area contributed by atoms with Crippen molar-refractivity contribution in [2.45, 2.75) is 398 Å². The first kappa shape index (κ1) is 74.3. The average Bonchev–Trinajstić information content (AvgIpc) is 3.42. The maximum atomic E-state index is 12.4. The summed E-state index contributed by atoms with van der Waals surface area (Å²) in [7, 11) is 0. The molecular weight excluding hydrogens is 935 g/mol. The smallest absolute Gasteiger partial charge is 0.305 e. The van der Waals surface area contributed by atoms with Gasteiger partial charge in [0.25, 0.3) is 0 Å². The highest BCUT2D eigenvalue weighted by atomic mass is 16.5. The molecule has 0 bridgehead atoms. The fourth-order valence-electron chi connectivity index (χ4n) is 10.9. The zero-order valence-electron chi connectivity index (χ0n) is 51.5. The van der Waals surface area contributed by atoms with Crippen molar-refractivity contribution in [3.8, 4) is 0 Å². The van der Waals surface area contributed by atoms with E-state index < -0.39 is 12.1 Å². The Balaban J connectivity index is 3.32. The minimum atomic E-state index is -0.840. The monoisotopic (exact) mass is 1070 g/mol. The lowest BCUT2D eigenvalue weighted by Crippen LogP contribution is -2.45. The van der Waals surface area contributed by atoms with Gasteiger partial charge in [-0.05, 0) is 57.8 Å². The zero-order valence-corrected chi connectivity index (χ0v) is 51.5. The number of ether oxygens (including phenoxy) is 1. The van der Waals surface area contributed by atoms with Crippen LogP contribution in [0.15, 0.2) is 24.3 Å². The van der Waals surface area contributed by atoms with E-state index in [-0.39, 0.29) is 18.5 Å². The third-order valence-electron chi connectivity index (χ3n) is 16.2. The Kier molecular flexibility index (Phi) is 64.4. The quantitative estimate of drug-likeness (QED) is 0.0320. The van der Waals surface area contributed by atoms with Crippen LogP contribution >= 0.6 is 0 Å². The molecule has 1 amide bonds. The van der Waals surface area contributed by atoms with E-state index in [1.807, 2.05) is 6.08 Å². The number of nitrogens with one attached hydrogen (secondary N) is 1. The number of allylic oxidation sites excluding steroid dienone is 3. The van der Waals surface area contributed by atoms with E-state index in [2.05, 4.69) is 31.3 Å². The number of rotatable bonds is 65. The lowest BCUT2D eigenvalue weighted by atomic mass is 10.0. The summed E-state index contributed by atoms with van der Waals surface area (Å²) in [6.45, 7) is 4.92. The molecule has 0 spiro atoms. The molecule has 0 radical (unpaired) electrons. The molecule has 0 aliphatic rings.